The molecule has 1 saturated heterocycles. The number of nitrogens with zero attached hydrogens (tertiary/aromatic N) is 2. The largest absolute Gasteiger partial charge is 0.493 e. The molecule has 17 heavy (non-hydrogen) atoms. The van der Waals surface area contributed by atoms with Gasteiger partial charge in [-0.2, -0.15) is 16.9 Å². The molecule has 2 heterocycles. The van der Waals surface area contributed by atoms with Gasteiger partial charge in [-0.3, -0.25) is 10.5 Å². The number of aryl methyl sites for hydroxylation is 1. The Morgan fingerprint density at radius 2 is 2.59 bits per heavy atom. The van der Waals surface area contributed by atoms with Crippen molar-refractivity contribution in [3.63, 3.8) is 0 Å². The lowest BCUT2D eigenvalue weighted by atomic mass is 10.1. The summed E-state index contributed by atoms with van der Waals surface area (Å²) in [6.07, 6.45) is 1.73. The lowest BCUT2D eigenvalue weighted by Crippen LogP contribution is -2.42. The van der Waals surface area contributed by atoms with E-state index < -0.39 is 0 Å². The molecule has 2 atom stereocenters. The van der Waals surface area contributed by atoms with E-state index in [1.165, 1.54) is 0 Å². The van der Waals surface area contributed by atoms with Gasteiger partial charge >= 0.3 is 0 Å². The van der Waals surface area contributed by atoms with E-state index in [1.807, 2.05) is 18.8 Å². The first-order chi connectivity index (χ1) is 8.27. The molecule has 7 heteroatoms. The van der Waals surface area contributed by atoms with Crippen molar-refractivity contribution in [1.82, 2.24) is 15.2 Å². The number of thioether (sulfide) groups is 1. The summed E-state index contributed by atoms with van der Waals surface area (Å²) < 4.78 is 12.8. The Morgan fingerprint density at radius 1 is 1.76 bits per heavy atom. The molecule has 1 aromatic heterocycles. The molecular formula is C10H18N4O2S. The SMILES string of the molecule is COc1cnn(C)c1C(NN)C1CSCCO1. The van der Waals surface area contributed by atoms with Crippen molar-refractivity contribution in [2.45, 2.75) is 12.1 Å². The Hall–Kier alpha value is -0.760. The van der Waals surface area contributed by atoms with Crippen molar-refractivity contribution in [3.05, 3.63) is 11.9 Å². The normalized spacial score (nSPS) is 22.4. The zero-order valence-electron chi connectivity index (χ0n) is 10.0. The summed E-state index contributed by atoms with van der Waals surface area (Å²) in [6, 6.07) is -0.106. The lowest BCUT2D eigenvalue weighted by Gasteiger charge is -2.30. The minimum atomic E-state index is -0.106. The van der Waals surface area contributed by atoms with Crippen LogP contribution in [0.3, 0.4) is 0 Å². The number of methoxy groups -OCH3 is 1. The first-order valence-corrected chi connectivity index (χ1v) is 6.64. The van der Waals surface area contributed by atoms with Crippen molar-refractivity contribution in [2.75, 3.05) is 25.2 Å². The third-order valence-electron chi connectivity index (χ3n) is 2.86. The summed E-state index contributed by atoms with van der Waals surface area (Å²) in [7, 11) is 3.50. The first-order valence-electron chi connectivity index (χ1n) is 5.49. The summed E-state index contributed by atoms with van der Waals surface area (Å²) in [5, 5.41) is 4.18. The van der Waals surface area contributed by atoms with Crippen molar-refractivity contribution in [1.29, 1.82) is 0 Å². The van der Waals surface area contributed by atoms with Crippen LogP contribution in [0.15, 0.2) is 6.20 Å². The molecule has 1 aliphatic rings. The minimum absolute atomic E-state index is 0.0445. The zero-order chi connectivity index (χ0) is 12.3. The van der Waals surface area contributed by atoms with Gasteiger partial charge in [-0.1, -0.05) is 0 Å². The van der Waals surface area contributed by atoms with E-state index in [2.05, 4.69) is 10.5 Å². The second-order valence-electron chi connectivity index (χ2n) is 3.85. The molecule has 1 aliphatic heterocycles. The van der Waals surface area contributed by atoms with Crippen LogP contribution in [0, 0.1) is 0 Å². The first kappa shape index (κ1) is 12.7. The second-order valence-corrected chi connectivity index (χ2v) is 5.00. The molecular weight excluding hydrogens is 240 g/mol. The summed E-state index contributed by atoms with van der Waals surface area (Å²) in [6.45, 7) is 0.758. The number of hydrogen-bond donors (Lipinski definition) is 2. The molecule has 0 amide bonds. The van der Waals surface area contributed by atoms with Crippen LogP contribution in [0.5, 0.6) is 5.75 Å². The highest BCUT2D eigenvalue weighted by molar-refractivity contribution is 7.99. The van der Waals surface area contributed by atoms with E-state index in [4.69, 9.17) is 15.3 Å². The minimum Gasteiger partial charge on any atom is -0.493 e. The van der Waals surface area contributed by atoms with E-state index in [9.17, 15) is 0 Å². The number of ether oxygens (including phenoxy) is 2. The number of nitrogens with one attached hydrogen (secondary N) is 1. The van der Waals surface area contributed by atoms with Gasteiger partial charge in [-0.05, 0) is 0 Å². The van der Waals surface area contributed by atoms with Gasteiger partial charge in [0.25, 0.3) is 0 Å². The number of hydrogen-bond acceptors (Lipinski definition) is 6. The van der Waals surface area contributed by atoms with Gasteiger partial charge < -0.3 is 9.47 Å². The molecule has 0 spiro atoms. The van der Waals surface area contributed by atoms with Crippen LogP contribution in [-0.2, 0) is 11.8 Å². The molecule has 0 aromatic carbocycles. The third-order valence-corrected chi connectivity index (χ3v) is 3.88. The van der Waals surface area contributed by atoms with Gasteiger partial charge in [-0.15, -0.1) is 0 Å². The van der Waals surface area contributed by atoms with Crippen LogP contribution in [0.4, 0.5) is 0 Å². The highest BCUT2D eigenvalue weighted by Gasteiger charge is 2.30. The van der Waals surface area contributed by atoms with Gasteiger partial charge in [0.2, 0.25) is 0 Å². The molecule has 0 bridgehead atoms. The fourth-order valence-electron chi connectivity index (χ4n) is 2.00. The summed E-state index contributed by atoms with van der Waals surface area (Å²) in [5.74, 6) is 8.34. The van der Waals surface area contributed by atoms with Gasteiger partial charge in [0.15, 0.2) is 5.75 Å². The lowest BCUT2D eigenvalue weighted by molar-refractivity contribution is 0.0440. The fourth-order valence-corrected chi connectivity index (χ4v) is 2.90. The molecule has 96 valence electrons. The third kappa shape index (κ3) is 2.57. The topological polar surface area (TPSA) is 74.3 Å². The van der Waals surface area contributed by atoms with Crippen molar-refractivity contribution in [3.8, 4) is 5.75 Å². The van der Waals surface area contributed by atoms with Crippen molar-refractivity contribution < 1.29 is 9.47 Å². The Bertz CT molecular complexity index is 365. The molecule has 6 nitrogen and oxygen atoms in total. The van der Waals surface area contributed by atoms with E-state index in [0.29, 0.717) is 0 Å². The Morgan fingerprint density at radius 3 is 3.18 bits per heavy atom. The Labute approximate surface area is 105 Å². The highest BCUT2D eigenvalue weighted by atomic mass is 32.2. The molecule has 2 rings (SSSR count). The van der Waals surface area contributed by atoms with Crippen molar-refractivity contribution >= 4 is 11.8 Å². The average molecular weight is 258 g/mol. The van der Waals surface area contributed by atoms with Crippen LogP contribution in [0.25, 0.3) is 0 Å². The van der Waals surface area contributed by atoms with Crippen molar-refractivity contribution in [2.24, 2.45) is 12.9 Å². The van der Waals surface area contributed by atoms with Crippen LogP contribution in [0.1, 0.15) is 11.7 Å². The van der Waals surface area contributed by atoms with E-state index in [-0.39, 0.29) is 12.1 Å². The highest BCUT2D eigenvalue weighted by Crippen LogP contribution is 2.30. The predicted molar refractivity (Wildman–Crippen MR) is 66.9 cm³/mol. The summed E-state index contributed by atoms with van der Waals surface area (Å²) >= 11 is 1.87. The number of hydrazine groups is 1. The van der Waals surface area contributed by atoms with E-state index >= 15 is 0 Å². The maximum absolute atomic E-state index is 5.75. The van der Waals surface area contributed by atoms with Gasteiger partial charge in [0.1, 0.15) is 5.69 Å². The number of aromatic nitrogens is 2. The van der Waals surface area contributed by atoms with E-state index in [0.717, 1.165) is 29.6 Å². The summed E-state index contributed by atoms with van der Waals surface area (Å²) in [4.78, 5) is 0. The Kier molecular flexibility index (Phi) is 4.27. The molecule has 1 aromatic rings. The fraction of sp³-hybridized carbons (Fsp3) is 0.700. The molecule has 0 radical (unpaired) electrons. The molecule has 2 unspecified atom stereocenters. The van der Waals surface area contributed by atoms with Crippen LogP contribution >= 0.6 is 11.8 Å². The number of nitrogens with two attached hydrogens (primary N) is 1. The summed E-state index contributed by atoms with van der Waals surface area (Å²) in [5.41, 5.74) is 3.73. The molecule has 0 saturated carbocycles. The van der Waals surface area contributed by atoms with Gasteiger partial charge in [0, 0.05) is 18.6 Å². The average Bonchev–Trinajstić information content (AvgIpc) is 2.74. The molecule has 0 aliphatic carbocycles. The monoisotopic (exact) mass is 258 g/mol. The number of rotatable bonds is 4. The maximum atomic E-state index is 5.75. The van der Waals surface area contributed by atoms with Gasteiger partial charge in [-0.25, -0.2) is 5.43 Å². The van der Waals surface area contributed by atoms with Crippen LogP contribution < -0.4 is 16.0 Å². The zero-order valence-corrected chi connectivity index (χ0v) is 10.9. The molecule has 1 fully saturated rings. The maximum Gasteiger partial charge on any atom is 0.161 e. The second kappa shape index (κ2) is 5.72. The predicted octanol–water partition coefficient (Wildman–Crippen LogP) is 0.0651. The van der Waals surface area contributed by atoms with E-state index in [1.54, 1.807) is 18.0 Å². The van der Waals surface area contributed by atoms with Gasteiger partial charge in [0.05, 0.1) is 32.1 Å². The van der Waals surface area contributed by atoms with Crippen LogP contribution in [-0.4, -0.2) is 41.1 Å². The van der Waals surface area contributed by atoms with Crippen LogP contribution in [0.2, 0.25) is 0 Å². The quantitative estimate of drug-likeness (QED) is 0.588. The standard InChI is InChI=1S/C10H18N4O2S/c1-14-10(7(15-2)5-12-14)9(13-11)8-6-17-4-3-16-8/h5,8-9,13H,3-4,6,11H2,1-2H3. The smallest absolute Gasteiger partial charge is 0.161 e. The molecule has 3 N–H and O–H groups in total. The Balaban J connectivity index is 2.23.